The monoisotopic (exact) mass is 702 g/mol. The molecule has 0 saturated carbocycles. The van der Waals surface area contributed by atoms with E-state index >= 15 is 0 Å². The maximum Gasteiger partial charge on any atom is 0.159 e. The van der Waals surface area contributed by atoms with Gasteiger partial charge in [0.15, 0.2) is 11.3 Å². The molecular formula is C30H27Cl5N10. The van der Waals surface area contributed by atoms with E-state index in [0.717, 1.165) is 60.4 Å². The van der Waals surface area contributed by atoms with Crippen molar-refractivity contribution in [3.05, 3.63) is 109 Å². The molecule has 15 heteroatoms. The van der Waals surface area contributed by atoms with Crippen molar-refractivity contribution in [1.82, 2.24) is 34.5 Å². The number of halogens is 5. The summed E-state index contributed by atoms with van der Waals surface area (Å²) in [7, 11) is 0. The van der Waals surface area contributed by atoms with E-state index in [1.54, 1.807) is 51.8 Å². The molecule has 0 unspecified atom stereocenters. The summed E-state index contributed by atoms with van der Waals surface area (Å²) in [4.78, 5) is 11.2. The minimum absolute atomic E-state index is 0.405. The largest absolute Gasteiger partial charge is 0.366 e. The predicted octanol–water partition coefficient (Wildman–Crippen LogP) is 7.36. The van der Waals surface area contributed by atoms with Gasteiger partial charge in [-0.1, -0.05) is 70.1 Å². The molecule has 45 heavy (non-hydrogen) atoms. The molecule has 3 N–H and O–H groups in total. The first-order valence-electron chi connectivity index (χ1n) is 14.0. The highest BCUT2D eigenvalue weighted by Crippen LogP contribution is 2.25. The van der Waals surface area contributed by atoms with Crippen molar-refractivity contribution in [2.24, 2.45) is 0 Å². The third kappa shape index (κ3) is 7.66. The summed E-state index contributed by atoms with van der Waals surface area (Å²) in [6, 6.07) is 18.3. The van der Waals surface area contributed by atoms with Crippen LogP contribution in [0.4, 0.5) is 17.5 Å². The van der Waals surface area contributed by atoms with Gasteiger partial charge < -0.3 is 20.9 Å². The standard InChI is InChI=1S/C17H18Cl2N6.C13H9Cl3N4/c18-13-2-1-12(14(19)9-13)11-21-16-10-17(24-7-5-20-6-8-24)23-15-3-4-22-25(15)16;14-9-2-1-8(10(15)5-9)7-17-13-6-11(16)19-12-3-4-18-20(12)13/h1-4,9-10,20-21H,5-8,11H2;1-6,17H,7H2. The average molecular weight is 705 g/mol. The van der Waals surface area contributed by atoms with Gasteiger partial charge >= 0.3 is 0 Å². The summed E-state index contributed by atoms with van der Waals surface area (Å²) in [5, 5.41) is 21.5. The summed E-state index contributed by atoms with van der Waals surface area (Å²) in [5.41, 5.74) is 3.42. The van der Waals surface area contributed by atoms with E-state index in [-0.39, 0.29) is 0 Å². The number of fused-ring (bicyclic) bond motifs is 2. The van der Waals surface area contributed by atoms with Crippen LogP contribution in [0.15, 0.2) is 73.1 Å². The normalized spacial score (nSPS) is 13.1. The molecule has 2 aromatic carbocycles. The van der Waals surface area contributed by atoms with Crippen LogP contribution in [0.25, 0.3) is 11.3 Å². The summed E-state index contributed by atoms with van der Waals surface area (Å²) < 4.78 is 3.48. The molecule has 0 bridgehead atoms. The second-order valence-electron chi connectivity index (χ2n) is 10.1. The molecule has 1 aliphatic rings. The first-order valence-corrected chi connectivity index (χ1v) is 15.9. The van der Waals surface area contributed by atoms with Gasteiger partial charge in [0.1, 0.15) is 22.6 Å². The van der Waals surface area contributed by atoms with Crippen molar-refractivity contribution in [3.8, 4) is 0 Å². The fraction of sp³-hybridized carbons (Fsp3) is 0.200. The van der Waals surface area contributed by atoms with Crippen molar-refractivity contribution in [2.45, 2.75) is 13.1 Å². The Bertz CT molecular complexity index is 1940. The van der Waals surface area contributed by atoms with Crippen LogP contribution >= 0.6 is 58.0 Å². The smallest absolute Gasteiger partial charge is 0.159 e. The van der Waals surface area contributed by atoms with E-state index < -0.39 is 0 Å². The van der Waals surface area contributed by atoms with Gasteiger partial charge in [-0.05, 0) is 35.4 Å². The van der Waals surface area contributed by atoms with Gasteiger partial charge in [-0.3, -0.25) is 0 Å². The number of hydrogen-bond donors (Lipinski definition) is 3. The number of anilines is 3. The lowest BCUT2D eigenvalue weighted by Gasteiger charge is -2.28. The lowest BCUT2D eigenvalue weighted by Crippen LogP contribution is -2.44. The van der Waals surface area contributed by atoms with Crippen LogP contribution < -0.4 is 20.9 Å². The van der Waals surface area contributed by atoms with Gasteiger partial charge in [-0.2, -0.15) is 19.2 Å². The predicted molar refractivity (Wildman–Crippen MR) is 184 cm³/mol. The molecule has 1 fully saturated rings. The Morgan fingerprint density at radius 1 is 0.644 bits per heavy atom. The zero-order valence-corrected chi connectivity index (χ0v) is 27.5. The van der Waals surface area contributed by atoms with Crippen molar-refractivity contribution in [2.75, 3.05) is 41.7 Å². The van der Waals surface area contributed by atoms with Crippen LogP contribution in [0.1, 0.15) is 11.1 Å². The average Bonchev–Trinajstić information content (AvgIpc) is 3.71. The summed E-state index contributed by atoms with van der Waals surface area (Å²) in [6.45, 7) is 4.94. The first-order chi connectivity index (χ1) is 21.8. The highest BCUT2D eigenvalue weighted by atomic mass is 35.5. The highest BCUT2D eigenvalue weighted by Gasteiger charge is 2.15. The molecule has 0 radical (unpaired) electrons. The van der Waals surface area contributed by atoms with Crippen LogP contribution in [-0.4, -0.2) is 55.4 Å². The SMILES string of the molecule is Clc1ccc(CNc2cc(Cl)nc3ccnn23)c(Cl)c1.Clc1ccc(CNc2cc(N3CCNCC3)nc3ccnn23)c(Cl)c1. The Kier molecular flexibility index (Phi) is 9.99. The third-order valence-electron chi connectivity index (χ3n) is 7.07. The minimum Gasteiger partial charge on any atom is -0.366 e. The van der Waals surface area contributed by atoms with E-state index in [9.17, 15) is 0 Å². The van der Waals surface area contributed by atoms with Gasteiger partial charge in [0.2, 0.25) is 0 Å². The second kappa shape index (κ2) is 14.3. The minimum atomic E-state index is 0.405. The molecule has 1 aliphatic heterocycles. The van der Waals surface area contributed by atoms with Gasteiger partial charge in [-0.15, -0.1) is 0 Å². The topological polar surface area (TPSA) is 99.7 Å². The van der Waals surface area contributed by atoms with Gasteiger partial charge in [0.25, 0.3) is 0 Å². The van der Waals surface area contributed by atoms with E-state index in [0.29, 0.717) is 44.0 Å². The fourth-order valence-electron chi connectivity index (χ4n) is 4.79. The van der Waals surface area contributed by atoms with Crippen LogP contribution in [0, 0.1) is 0 Å². The van der Waals surface area contributed by atoms with Gasteiger partial charge in [0, 0.05) is 83.6 Å². The van der Waals surface area contributed by atoms with Crippen molar-refractivity contribution < 1.29 is 0 Å². The molecule has 7 rings (SSSR count). The maximum absolute atomic E-state index is 6.27. The number of piperazine rings is 1. The summed E-state index contributed by atoms with van der Waals surface area (Å²) in [6.07, 6.45) is 3.42. The van der Waals surface area contributed by atoms with Crippen LogP contribution in [0.2, 0.25) is 25.2 Å². The fourth-order valence-corrected chi connectivity index (χ4v) is 5.93. The zero-order valence-electron chi connectivity index (χ0n) is 23.7. The Balaban J connectivity index is 0.000000163. The number of rotatable bonds is 7. The molecule has 232 valence electrons. The van der Waals surface area contributed by atoms with E-state index in [1.165, 1.54) is 0 Å². The van der Waals surface area contributed by atoms with E-state index in [2.05, 4.69) is 36.0 Å². The number of nitrogens with one attached hydrogen (secondary N) is 3. The van der Waals surface area contributed by atoms with E-state index in [4.69, 9.17) is 63.0 Å². The molecule has 1 saturated heterocycles. The summed E-state index contributed by atoms with van der Waals surface area (Å²) in [5.74, 6) is 2.59. The lowest BCUT2D eigenvalue weighted by atomic mass is 10.2. The second-order valence-corrected chi connectivity index (χ2v) is 12.2. The lowest BCUT2D eigenvalue weighted by molar-refractivity contribution is 0.585. The van der Waals surface area contributed by atoms with Crippen LogP contribution in [-0.2, 0) is 13.1 Å². The van der Waals surface area contributed by atoms with Crippen molar-refractivity contribution >= 4 is 86.8 Å². The van der Waals surface area contributed by atoms with Crippen LogP contribution in [0.3, 0.4) is 0 Å². The Labute approximate surface area is 284 Å². The van der Waals surface area contributed by atoms with Gasteiger partial charge in [0.05, 0.1) is 12.4 Å². The quantitative estimate of drug-likeness (QED) is 0.148. The third-order valence-corrected chi connectivity index (χ3v) is 8.43. The zero-order chi connectivity index (χ0) is 31.3. The Hall–Kier alpha value is -3.51. The van der Waals surface area contributed by atoms with E-state index in [1.807, 2.05) is 30.3 Å². The Morgan fingerprint density at radius 3 is 1.73 bits per heavy atom. The highest BCUT2D eigenvalue weighted by molar-refractivity contribution is 6.35. The van der Waals surface area contributed by atoms with Crippen LogP contribution in [0.5, 0.6) is 0 Å². The molecule has 6 aromatic rings. The van der Waals surface area contributed by atoms with Crippen molar-refractivity contribution in [1.29, 1.82) is 0 Å². The number of aromatic nitrogens is 6. The molecular weight excluding hydrogens is 678 g/mol. The molecule has 0 spiro atoms. The molecule has 0 aliphatic carbocycles. The Morgan fingerprint density at radius 2 is 1.18 bits per heavy atom. The molecule has 5 heterocycles. The number of nitrogens with zero attached hydrogens (tertiary/aromatic N) is 7. The molecule has 10 nitrogen and oxygen atoms in total. The maximum atomic E-state index is 6.27. The van der Waals surface area contributed by atoms with Crippen molar-refractivity contribution in [3.63, 3.8) is 0 Å². The molecule has 0 atom stereocenters. The molecule has 4 aromatic heterocycles. The number of benzene rings is 2. The summed E-state index contributed by atoms with van der Waals surface area (Å²) >= 11 is 30.2. The van der Waals surface area contributed by atoms with Gasteiger partial charge in [-0.25, -0.2) is 9.97 Å². The number of hydrogen-bond acceptors (Lipinski definition) is 8. The first kappa shape index (κ1) is 31.5. The molecule has 0 amide bonds.